The predicted molar refractivity (Wildman–Crippen MR) is 83.0 cm³/mol. The number of hydrogen-bond donors (Lipinski definition) is 0. The molecule has 16 heavy (non-hydrogen) atoms. The molecule has 0 fully saturated rings. The first kappa shape index (κ1) is 16.4. The van der Waals surface area contributed by atoms with E-state index in [1.54, 1.807) is 0 Å². The molecule has 0 spiro atoms. The summed E-state index contributed by atoms with van der Waals surface area (Å²) in [6.07, 6.45) is 9.11. The van der Waals surface area contributed by atoms with Crippen molar-refractivity contribution in [2.75, 3.05) is 0 Å². The van der Waals surface area contributed by atoms with E-state index in [9.17, 15) is 0 Å². The van der Waals surface area contributed by atoms with Crippen LogP contribution in [0.25, 0.3) is 0 Å². The van der Waals surface area contributed by atoms with Crippen molar-refractivity contribution >= 4 is 24.0 Å². The van der Waals surface area contributed by atoms with E-state index in [0.717, 1.165) is 0 Å². The standard InChI is InChI=1S/C14H29BrSi/c1-7-8-9-10-11-12-13(15)16(5,6)14(2,3)4/h12H,7-11H2,1-6H3/b13-12-. The third-order valence-electron chi connectivity index (χ3n) is 3.85. The van der Waals surface area contributed by atoms with Crippen molar-refractivity contribution in [2.45, 2.75) is 77.9 Å². The normalized spacial score (nSPS) is 14.3. The number of hydrogen-bond acceptors (Lipinski definition) is 0. The molecule has 0 aromatic rings. The lowest BCUT2D eigenvalue weighted by Crippen LogP contribution is -2.37. The van der Waals surface area contributed by atoms with E-state index >= 15 is 0 Å². The van der Waals surface area contributed by atoms with Gasteiger partial charge in [-0.05, 0) is 22.0 Å². The monoisotopic (exact) mass is 304 g/mol. The molecule has 0 unspecified atom stereocenters. The fourth-order valence-corrected chi connectivity index (χ4v) is 4.80. The van der Waals surface area contributed by atoms with Gasteiger partial charge in [0.25, 0.3) is 0 Å². The SMILES string of the molecule is CCCCCC/C=C(/Br)[Si](C)(C)C(C)(C)C. The number of unbranched alkanes of at least 4 members (excludes halogenated alkanes) is 4. The third-order valence-corrected chi connectivity index (χ3v) is 12.3. The van der Waals surface area contributed by atoms with Crippen LogP contribution in [-0.2, 0) is 0 Å². The average Bonchev–Trinajstić information content (AvgIpc) is 2.15. The number of rotatable bonds is 6. The highest BCUT2D eigenvalue weighted by molar-refractivity contribution is 9.12. The molecule has 0 aliphatic heterocycles. The summed E-state index contributed by atoms with van der Waals surface area (Å²) in [6.45, 7) is 14.3. The van der Waals surface area contributed by atoms with E-state index in [1.165, 1.54) is 36.2 Å². The first-order valence-electron chi connectivity index (χ1n) is 6.59. The molecule has 0 bridgehead atoms. The van der Waals surface area contributed by atoms with Crippen LogP contribution in [0.15, 0.2) is 10.2 Å². The fourth-order valence-electron chi connectivity index (χ4n) is 1.41. The van der Waals surface area contributed by atoms with Crippen molar-refractivity contribution in [3.63, 3.8) is 0 Å². The van der Waals surface area contributed by atoms with Gasteiger partial charge in [0.05, 0.1) is 8.07 Å². The summed E-state index contributed by atoms with van der Waals surface area (Å²) in [6, 6.07) is 0. The second kappa shape index (κ2) is 7.00. The lowest BCUT2D eigenvalue weighted by molar-refractivity contribution is 0.674. The molecule has 96 valence electrons. The molecule has 0 radical (unpaired) electrons. The molecule has 0 aliphatic rings. The molecule has 0 saturated carbocycles. The Labute approximate surface area is 112 Å². The maximum atomic E-state index is 3.83. The van der Waals surface area contributed by atoms with E-state index in [4.69, 9.17) is 0 Å². The second-order valence-electron chi connectivity index (χ2n) is 6.28. The van der Waals surface area contributed by atoms with E-state index in [0.29, 0.717) is 5.04 Å². The third kappa shape index (κ3) is 5.18. The van der Waals surface area contributed by atoms with Gasteiger partial charge in [-0.2, -0.15) is 0 Å². The van der Waals surface area contributed by atoms with Gasteiger partial charge in [-0.25, -0.2) is 0 Å². The average molecular weight is 305 g/mol. The summed E-state index contributed by atoms with van der Waals surface area (Å²) in [5.74, 6) is 0. The van der Waals surface area contributed by atoms with Crippen molar-refractivity contribution < 1.29 is 0 Å². The Morgan fingerprint density at radius 3 is 2.12 bits per heavy atom. The van der Waals surface area contributed by atoms with Crippen LogP contribution in [0.2, 0.25) is 18.1 Å². The highest BCUT2D eigenvalue weighted by Gasteiger charge is 2.37. The zero-order chi connectivity index (χ0) is 12.8. The van der Waals surface area contributed by atoms with Gasteiger partial charge in [0.15, 0.2) is 0 Å². The second-order valence-corrected chi connectivity index (χ2v) is 13.2. The van der Waals surface area contributed by atoms with Crippen LogP contribution in [-0.4, -0.2) is 8.07 Å². The van der Waals surface area contributed by atoms with Gasteiger partial charge in [-0.1, -0.05) is 82.1 Å². The van der Waals surface area contributed by atoms with Gasteiger partial charge in [0, 0.05) is 0 Å². The maximum Gasteiger partial charge on any atom is 0.0944 e. The van der Waals surface area contributed by atoms with Crippen LogP contribution in [0.1, 0.15) is 59.8 Å². The quantitative estimate of drug-likeness (QED) is 0.400. The summed E-state index contributed by atoms with van der Waals surface area (Å²) in [7, 11) is -1.30. The minimum atomic E-state index is -1.30. The van der Waals surface area contributed by atoms with Crippen LogP contribution < -0.4 is 0 Å². The molecule has 0 saturated heterocycles. The van der Waals surface area contributed by atoms with Crippen LogP contribution >= 0.6 is 15.9 Å². The van der Waals surface area contributed by atoms with Crippen LogP contribution in [0, 0.1) is 0 Å². The Bertz CT molecular complexity index is 223. The predicted octanol–water partition coefficient (Wildman–Crippen LogP) is 6.28. The topological polar surface area (TPSA) is 0 Å². The molecule has 0 atom stereocenters. The minimum absolute atomic E-state index is 0.436. The summed E-state index contributed by atoms with van der Waals surface area (Å²) in [5, 5.41) is 0.436. The largest absolute Gasteiger partial charge is 0.0944 e. The fraction of sp³-hybridized carbons (Fsp3) is 0.857. The van der Waals surface area contributed by atoms with Crippen LogP contribution in [0.4, 0.5) is 0 Å². The molecular formula is C14H29BrSi. The van der Waals surface area contributed by atoms with Gasteiger partial charge in [0.2, 0.25) is 0 Å². The Morgan fingerprint density at radius 1 is 1.12 bits per heavy atom. The zero-order valence-corrected chi connectivity index (χ0v) is 14.6. The lowest BCUT2D eigenvalue weighted by Gasteiger charge is -2.36. The molecule has 0 heterocycles. The molecule has 0 aromatic heterocycles. The number of halogens is 1. The van der Waals surface area contributed by atoms with Crippen molar-refractivity contribution in [1.82, 2.24) is 0 Å². The Morgan fingerprint density at radius 2 is 1.69 bits per heavy atom. The van der Waals surface area contributed by atoms with Crippen LogP contribution in [0.3, 0.4) is 0 Å². The first-order valence-corrected chi connectivity index (χ1v) is 10.4. The summed E-state index contributed by atoms with van der Waals surface area (Å²) >= 11 is 3.83. The highest BCUT2D eigenvalue weighted by Crippen LogP contribution is 2.42. The van der Waals surface area contributed by atoms with Gasteiger partial charge >= 0.3 is 0 Å². The van der Waals surface area contributed by atoms with Crippen molar-refractivity contribution in [3.05, 3.63) is 10.2 Å². The summed E-state index contributed by atoms with van der Waals surface area (Å²) < 4.78 is 1.50. The van der Waals surface area contributed by atoms with Crippen LogP contribution in [0.5, 0.6) is 0 Å². The van der Waals surface area contributed by atoms with Gasteiger partial charge in [-0.15, -0.1) is 0 Å². The Hall–Kier alpha value is 0.437. The maximum absolute atomic E-state index is 3.83. The molecule has 2 heteroatoms. The molecular weight excluding hydrogens is 276 g/mol. The van der Waals surface area contributed by atoms with Crippen molar-refractivity contribution in [1.29, 1.82) is 0 Å². The zero-order valence-electron chi connectivity index (χ0n) is 12.0. The molecule has 0 nitrogen and oxygen atoms in total. The van der Waals surface area contributed by atoms with E-state index in [2.05, 4.69) is 62.8 Å². The highest BCUT2D eigenvalue weighted by atomic mass is 79.9. The smallest absolute Gasteiger partial charge is 0.0785 e. The lowest BCUT2D eigenvalue weighted by atomic mass is 10.2. The molecule has 0 rings (SSSR count). The van der Waals surface area contributed by atoms with Gasteiger partial charge in [-0.3, -0.25) is 0 Å². The Balaban J connectivity index is 4.22. The van der Waals surface area contributed by atoms with E-state index < -0.39 is 8.07 Å². The van der Waals surface area contributed by atoms with Gasteiger partial charge in [0.1, 0.15) is 0 Å². The Kier molecular flexibility index (Phi) is 7.19. The molecule has 0 aromatic carbocycles. The van der Waals surface area contributed by atoms with Gasteiger partial charge < -0.3 is 0 Å². The van der Waals surface area contributed by atoms with E-state index in [-0.39, 0.29) is 0 Å². The van der Waals surface area contributed by atoms with Crippen molar-refractivity contribution in [2.24, 2.45) is 0 Å². The van der Waals surface area contributed by atoms with E-state index in [1.807, 2.05) is 0 Å². The molecule has 0 aliphatic carbocycles. The summed E-state index contributed by atoms with van der Waals surface area (Å²) in [5.41, 5.74) is 0. The summed E-state index contributed by atoms with van der Waals surface area (Å²) in [4.78, 5) is 0. The number of allylic oxidation sites excluding steroid dienone is 1. The minimum Gasteiger partial charge on any atom is -0.0785 e. The first-order chi connectivity index (χ1) is 7.23. The van der Waals surface area contributed by atoms with Crippen molar-refractivity contribution in [3.8, 4) is 0 Å². The molecule has 0 amide bonds. The molecule has 0 N–H and O–H groups in total.